The van der Waals surface area contributed by atoms with Gasteiger partial charge in [-0.3, -0.25) is 14.3 Å². The summed E-state index contributed by atoms with van der Waals surface area (Å²) in [5, 5.41) is 11.6. The molecule has 154 valence electrons. The molecule has 2 aliphatic rings. The Labute approximate surface area is 176 Å². The molecule has 0 saturated carbocycles. The number of aromatic nitrogens is 6. The van der Waals surface area contributed by atoms with Crippen molar-refractivity contribution >= 4 is 23.3 Å². The van der Waals surface area contributed by atoms with Gasteiger partial charge in [-0.05, 0) is 24.1 Å². The second kappa shape index (κ2) is 6.21. The van der Waals surface area contributed by atoms with Crippen LogP contribution in [0.3, 0.4) is 0 Å². The van der Waals surface area contributed by atoms with Crippen LogP contribution in [0.15, 0.2) is 55.1 Å². The molecule has 4 aromatic rings. The number of fused-ring (bicyclic) bond motifs is 3. The average molecular weight is 414 g/mol. The molecule has 0 aliphatic carbocycles. The average Bonchev–Trinajstić information content (AvgIpc) is 3.53. The minimum absolute atomic E-state index is 0.0522. The minimum Gasteiger partial charge on any atom is -0.327 e. The Bertz CT molecular complexity index is 1330. The van der Waals surface area contributed by atoms with Crippen molar-refractivity contribution in [3.8, 4) is 0 Å². The van der Waals surface area contributed by atoms with Crippen LogP contribution < -0.4 is 5.32 Å². The Kier molecular flexibility index (Phi) is 3.55. The third-order valence-electron chi connectivity index (χ3n) is 6.20. The molecule has 2 atom stereocenters. The number of amides is 2. The number of benzene rings is 1. The molecule has 10 heteroatoms. The molecule has 31 heavy (non-hydrogen) atoms. The summed E-state index contributed by atoms with van der Waals surface area (Å²) in [5.74, 6) is -0.0473. The number of anilines is 1. The van der Waals surface area contributed by atoms with Crippen molar-refractivity contribution in [1.82, 2.24) is 34.3 Å². The molecule has 2 aliphatic heterocycles. The summed E-state index contributed by atoms with van der Waals surface area (Å²) in [6.45, 7) is 0.392. The summed E-state index contributed by atoms with van der Waals surface area (Å²) in [4.78, 5) is 37.1. The molecule has 10 nitrogen and oxygen atoms in total. The lowest BCUT2D eigenvalue weighted by molar-refractivity contribution is -0.121. The van der Waals surface area contributed by atoms with Crippen LogP contribution in [0.4, 0.5) is 5.69 Å². The molecule has 1 fully saturated rings. The maximum Gasteiger partial charge on any atom is 0.294 e. The summed E-state index contributed by atoms with van der Waals surface area (Å²) < 4.78 is 3.14. The van der Waals surface area contributed by atoms with E-state index < -0.39 is 11.5 Å². The summed E-state index contributed by atoms with van der Waals surface area (Å²) in [6.07, 6.45) is 7.35. The van der Waals surface area contributed by atoms with Crippen molar-refractivity contribution in [3.63, 3.8) is 0 Å². The Morgan fingerprint density at radius 2 is 2.13 bits per heavy atom. The van der Waals surface area contributed by atoms with E-state index in [1.807, 2.05) is 37.5 Å². The number of para-hydroxylation sites is 1. The standard InChI is InChI=1S/C21H18N8O2/c1-27-12-13(11-23-27)16-21(14-5-2-3-6-15(14)24-19(21)31)7-10-28(16)18(30)17-25-20-22-8-4-9-29(20)26-17/h2-6,8-9,11-12,16H,7,10H2,1H3,(H,24,31). The summed E-state index contributed by atoms with van der Waals surface area (Å²) in [7, 11) is 1.81. The van der Waals surface area contributed by atoms with Gasteiger partial charge < -0.3 is 10.2 Å². The quantitative estimate of drug-likeness (QED) is 0.530. The normalized spacial score (nSPS) is 22.3. The fourth-order valence-corrected chi connectivity index (χ4v) is 4.90. The molecule has 1 spiro atoms. The van der Waals surface area contributed by atoms with Gasteiger partial charge in [0.1, 0.15) is 5.41 Å². The van der Waals surface area contributed by atoms with Gasteiger partial charge in [0.2, 0.25) is 11.7 Å². The number of rotatable bonds is 2. The van der Waals surface area contributed by atoms with Crippen molar-refractivity contribution in [2.24, 2.45) is 7.05 Å². The van der Waals surface area contributed by atoms with Gasteiger partial charge in [0.05, 0.1) is 12.2 Å². The third-order valence-corrected chi connectivity index (χ3v) is 6.20. The van der Waals surface area contributed by atoms with Crippen LogP contribution in [0.5, 0.6) is 0 Å². The van der Waals surface area contributed by atoms with Crippen LogP contribution >= 0.6 is 0 Å². The lowest BCUT2D eigenvalue weighted by Crippen LogP contribution is -2.42. The van der Waals surface area contributed by atoms with Gasteiger partial charge in [-0.2, -0.15) is 10.1 Å². The van der Waals surface area contributed by atoms with E-state index in [9.17, 15) is 9.59 Å². The smallest absolute Gasteiger partial charge is 0.294 e. The predicted molar refractivity (Wildman–Crippen MR) is 109 cm³/mol. The first kappa shape index (κ1) is 17.8. The Morgan fingerprint density at radius 3 is 2.94 bits per heavy atom. The monoisotopic (exact) mass is 414 g/mol. The zero-order valence-electron chi connectivity index (χ0n) is 16.6. The van der Waals surface area contributed by atoms with Crippen molar-refractivity contribution in [1.29, 1.82) is 0 Å². The van der Waals surface area contributed by atoms with Gasteiger partial charge in [-0.15, -0.1) is 5.10 Å². The van der Waals surface area contributed by atoms with Gasteiger partial charge in [-0.25, -0.2) is 9.50 Å². The van der Waals surface area contributed by atoms with E-state index in [0.29, 0.717) is 18.7 Å². The first-order valence-electron chi connectivity index (χ1n) is 9.96. The van der Waals surface area contributed by atoms with E-state index in [4.69, 9.17) is 0 Å². The third kappa shape index (κ3) is 2.38. The second-order valence-electron chi connectivity index (χ2n) is 7.87. The molecule has 2 amide bonds. The lowest BCUT2D eigenvalue weighted by Gasteiger charge is -2.32. The van der Waals surface area contributed by atoms with Gasteiger partial charge >= 0.3 is 0 Å². The van der Waals surface area contributed by atoms with Crippen molar-refractivity contribution in [3.05, 3.63) is 72.1 Å². The van der Waals surface area contributed by atoms with Gasteiger partial charge in [0.25, 0.3) is 11.7 Å². The molecule has 1 saturated heterocycles. The fraction of sp³-hybridized carbons (Fsp3) is 0.238. The van der Waals surface area contributed by atoms with Crippen LogP contribution in [0, 0.1) is 0 Å². The summed E-state index contributed by atoms with van der Waals surface area (Å²) in [6, 6.07) is 8.85. The van der Waals surface area contributed by atoms with Gasteiger partial charge in [0.15, 0.2) is 0 Å². The Hall–Kier alpha value is -4.08. The van der Waals surface area contributed by atoms with Crippen molar-refractivity contribution in [2.75, 3.05) is 11.9 Å². The first-order valence-corrected chi connectivity index (χ1v) is 9.96. The molecule has 1 N–H and O–H groups in total. The number of aryl methyl sites for hydroxylation is 1. The minimum atomic E-state index is -0.896. The zero-order chi connectivity index (χ0) is 21.2. The lowest BCUT2D eigenvalue weighted by atomic mass is 9.73. The SMILES string of the molecule is Cn1cc(C2N(C(=O)c3nc4ncccn4n3)CCC23C(=O)Nc2ccccc23)cn1. The van der Waals surface area contributed by atoms with E-state index >= 15 is 0 Å². The molecular formula is C21H18N8O2. The molecule has 3 aromatic heterocycles. The summed E-state index contributed by atoms with van der Waals surface area (Å²) in [5.41, 5.74) is 1.58. The van der Waals surface area contributed by atoms with Crippen LogP contribution in [0.2, 0.25) is 0 Å². The molecular weight excluding hydrogens is 396 g/mol. The Morgan fingerprint density at radius 1 is 1.26 bits per heavy atom. The molecule has 1 aromatic carbocycles. The number of carbonyl (C=O) groups is 2. The van der Waals surface area contributed by atoms with Gasteiger partial charge in [0, 0.05) is 43.4 Å². The highest BCUT2D eigenvalue weighted by Gasteiger charge is 2.60. The van der Waals surface area contributed by atoms with Crippen LogP contribution in [0.1, 0.15) is 34.2 Å². The van der Waals surface area contributed by atoms with Crippen molar-refractivity contribution in [2.45, 2.75) is 17.9 Å². The number of hydrogen-bond acceptors (Lipinski definition) is 6. The molecule has 2 unspecified atom stereocenters. The number of nitrogens with one attached hydrogen (secondary N) is 1. The number of nitrogens with zero attached hydrogens (tertiary/aromatic N) is 7. The van der Waals surface area contributed by atoms with E-state index in [-0.39, 0.29) is 17.6 Å². The zero-order valence-corrected chi connectivity index (χ0v) is 16.6. The number of likely N-dealkylation sites (tertiary alicyclic amines) is 1. The largest absolute Gasteiger partial charge is 0.327 e. The predicted octanol–water partition coefficient (Wildman–Crippen LogP) is 1.34. The van der Waals surface area contributed by atoms with E-state index in [1.165, 1.54) is 4.52 Å². The molecule has 0 bridgehead atoms. The van der Waals surface area contributed by atoms with Crippen LogP contribution in [-0.2, 0) is 17.3 Å². The molecule has 0 radical (unpaired) electrons. The fourth-order valence-electron chi connectivity index (χ4n) is 4.90. The van der Waals surface area contributed by atoms with E-state index in [0.717, 1.165) is 16.8 Å². The van der Waals surface area contributed by atoms with Crippen LogP contribution in [-0.4, -0.2) is 52.6 Å². The topological polar surface area (TPSA) is 110 Å². The highest BCUT2D eigenvalue weighted by Crippen LogP contribution is 2.54. The maximum atomic E-state index is 13.6. The second-order valence-corrected chi connectivity index (χ2v) is 7.87. The van der Waals surface area contributed by atoms with E-state index in [2.05, 4.69) is 25.5 Å². The van der Waals surface area contributed by atoms with Gasteiger partial charge in [-0.1, -0.05) is 18.2 Å². The van der Waals surface area contributed by atoms with E-state index in [1.54, 1.807) is 34.2 Å². The summed E-state index contributed by atoms with van der Waals surface area (Å²) >= 11 is 0. The first-order chi connectivity index (χ1) is 15.1. The van der Waals surface area contributed by atoms with Crippen molar-refractivity contribution < 1.29 is 9.59 Å². The molecule has 5 heterocycles. The highest BCUT2D eigenvalue weighted by molar-refractivity contribution is 6.08. The maximum absolute atomic E-state index is 13.6. The number of carbonyl (C=O) groups excluding carboxylic acids is 2. The number of hydrogen-bond donors (Lipinski definition) is 1. The van der Waals surface area contributed by atoms with Crippen LogP contribution in [0.25, 0.3) is 5.78 Å². The molecule has 6 rings (SSSR count). The Balaban J connectivity index is 1.50. The highest BCUT2D eigenvalue weighted by atomic mass is 16.2.